The van der Waals surface area contributed by atoms with Crippen molar-refractivity contribution >= 4 is 35.6 Å². The van der Waals surface area contributed by atoms with Crippen molar-refractivity contribution in [2.75, 3.05) is 71.4 Å². The number of hydrogen-bond donors (Lipinski definition) is 1. The van der Waals surface area contributed by atoms with E-state index in [9.17, 15) is 0 Å². The second-order valence-electron chi connectivity index (χ2n) is 8.61. The van der Waals surface area contributed by atoms with Crippen molar-refractivity contribution < 1.29 is 0 Å². The average Bonchev–Trinajstić information content (AvgIpc) is 2.83. The van der Waals surface area contributed by atoms with E-state index in [0.717, 1.165) is 58.3 Å². The van der Waals surface area contributed by atoms with Crippen LogP contribution in [0.3, 0.4) is 0 Å². The number of guanidine groups is 1. The molecular weight excluding hydrogens is 511 g/mol. The third kappa shape index (κ3) is 6.83. The van der Waals surface area contributed by atoms with Crippen molar-refractivity contribution in [1.82, 2.24) is 20.0 Å². The largest absolute Gasteiger partial charge is 0.368 e. The minimum Gasteiger partial charge on any atom is -0.368 e. The third-order valence-corrected chi connectivity index (χ3v) is 6.39. The zero-order valence-electron chi connectivity index (χ0n) is 19.4. The molecular formula is C25H37IN6. The standard InChI is InChI=1S/C25H36N6.HI/c1-26-25(31-18-16-30(17-19-31)24-6-4-3-5-7-24)27-20-22-8-10-23(11-9-22)21-29-14-12-28(2)13-15-29;/h3-11H,12-21H2,1-2H3,(H,26,27);1H. The van der Waals surface area contributed by atoms with E-state index in [-0.39, 0.29) is 24.0 Å². The lowest BCUT2D eigenvalue weighted by molar-refractivity contribution is 0.148. The molecule has 0 aromatic heterocycles. The lowest BCUT2D eigenvalue weighted by Gasteiger charge is -2.37. The molecule has 7 heteroatoms. The van der Waals surface area contributed by atoms with Crippen LogP contribution in [0, 0.1) is 0 Å². The first-order valence-corrected chi connectivity index (χ1v) is 11.5. The topological polar surface area (TPSA) is 37.4 Å². The van der Waals surface area contributed by atoms with Gasteiger partial charge in [-0.25, -0.2) is 0 Å². The molecule has 2 aromatic carbocycles. The van der Waals surface area contributed by atoms with Crippen LogP contribution in [-0.4, -0.2) is 87.1 Å². The highest BCUT2D eigenvalue weighted by Crippen LogP contribution is 2.16. The number of rotatable bonds is 5. The van der Waals surface area contributed by atoms with E-state index >= 15 is 0 Å². The Kier molecular flexibility index (Phi) is 9.62. The van der Waals surface area contributed by atoms with Gasteiger partial charge in [0.1, 0.15) is 0 Å². The number of para-hydroxylation sites is 1. The Morgan fingerprint density at radius 2 is 1.44 bits per heavy atom. The van der Waals surface area contributed by atoms with Gasteiger partial charge in [0.2, 0.25) is 0 Å². The van der Waals surface area contributed by atoms with Gasteiger partial charge in [0.25, 0.3) is 0 Å². The Morgan fingerprint density at radius 3 is 2.06 bits per heavy atom. The van der Waals surface area contributed by atoms with Gasteiger partial charge in [0, 0.05) is 78.2 Å². The maximum Gasteiger partial charge on any atom is 0.194 e. The van der Waals surface area contributed by atoms with Gasteiger partial charge >= 0.3 is 0 Å². The lowest BCUT2D eigenvalue weighted by Crippen LogP contribution is -2.52. The van der Waals surface area contributed by atoms with Crippen LogP contribution < -0.4 is 10.2 Å². The lowest BCUT2D eigenvalue weighted by atomic mass is 10.1. The molecule has 0 bridgehead atoms. The molecule has 4 rings (SSSR count). The SMILES string of the molecule is CN=C(NCc1ccc(CN2CCN(C)CC2)cc1)N1CCN(c2ccccc2)CC1.I. The van der Waals surface area contributed by atoms with Gasteiger partial charge < -0.3 is 20.0 Å². The summed E-state index contributed by atoms with van der Waals surface area (Å²) in [6.07, 6.45) is 0. The van der Waals surface area contributed by atoms with E-state index in [4.69, 9.17) is 0 Å². The monoisotopic (exact) mass is 548 g/mol. The minimum atomic E-state index is 0. The molecule has 0 unspecified atom stereocenters. The Bertz CT molecular complexity index is 825. The highest BCUT2D eigenvalue weighted by molar-refractivity contribution is 14.0. The first-order chi connectivity index (χ1) is 15.2. The maximum atomic E-state index is 4.53. The fraction of sp³-hybridized carbons (Fsp3) is 0.480. The molecule has 2 aliphatic rings. The van der Waals surface area contributed by atoms with Crippen LogP contribution in [0.4, 0.5) is 5.69 Å². The van der Waals surface area contributed by atoms with Crippen LogP contribution in [0.15, 0.2) is 59.6 Å². The molecule has 6 nitrogen and oxygen atoms in total. The summed E-state index contributed by atoms with van der Waals surface area (Å²) in [7, 11) is 4.08. The first-order valence-electron chi connectivity index (χ1n) is 11.5. The number of aliphatic imine (C=N–C) groups is 1. The van der Waals surface area contributed by atoms with Crippen molar-refractivity contribution in [2.45, 2.75) is 13.1 Å². The molecule has 0 atom stereocenters. The van der Waals surface area contributed by atoms with Crippen molar-refractivity contribution in [3.8, 4) is 0 Å². The van der Waals surface area contributed by atoms with E-state index in [1.165, 1.54) is 29.9 Å². The van der Waals surface area contributed by atoms with E-state index in [0.29, 0.717) is 0 Å². The molecule has 0 radical (unpaired) electrons. The third-order valence-electron chi connectivity index (χ3n) is 6.39. The number of nitrogens with zero attached hydrogens (tertiary/aromatic N) is 5. The summed E-state index contributed by atoms with van der Waals surface area (Å²) in [5.74, 6) is 0.995. The molecule has 0 aliphatic carbocycles. The van der Waals surface area contributed by atoms with Crippen LogP contribution in [-0.2, 0) is 13.1 Å². The van der Waals surface area contributed by atoms with Crippen LogP contribution in [0.2, 0.25) is 0 Å². The van der Waals surface area contributed by atoms with Gasteiger partial charge in [-0.2, -0.15) is 0 Å². The predicted octanol–water partition coefficient (Wildman–Crippen LogP) is 2.95. The summed E-state index contributed by atoms with van der Waals surface area (Å²) in [5, 5.41) is 3.56. The molecule has 0 saturated carbocycles. The van der Waals surface area contributed by atoms with Gasteiger partial charge in [-0.3, -0.25) is 9.89 Å². The Hall–Kier alpha value is -1.84. The normalized spacial score (nSPS) is 18.4. The van der Waals surface area contributed by atoms with Crippen LogP contribution in [0.25, 0.3) is 0 Å². The average molecular weight is 549 g/mol. The zero-order valence-corrected chi connectivity index (χ0v) is 21.7. The van der Waals surface area contributed by atoms with Crippen molar-refractivity contribution in [1.29, 1.82) is 0 Å². The number of nitrogens with one attached hydrogen (secondary N) is 1. The molecule has 2 heterocycles. The fourth-order valence-corrected chi connectivity index (χ4v) is 4.36. The summed E-state index contributed by atoms with van der Waals surface area (Å²) in [4.78, 5) is 14.3. The molecule has 0 spiro atoms. The summed E-state index contributed by atoms with van der Waals surface area (Å²) < 4.78 is 0. The summed E-state index contributed by atoms with van der Waals surface area (Å²) in [5.41, 5.74) is 4.00. The van der Waals surface area contributed by atoms with E-state index in [1.807, 2.05) is 7.05 Å². The second kappa shape index (κ2) is 12.4. The Labute approximate surface area is 210 Å². The van der Waals surface area contributed by atoms with Crippen molar-refractivity contribution in [2.24, 2.45) is 4.99 Å². The molecule has 32 heavy (non-hydrogen) atoms. The van der Waals surface area contributed by atoms with E-state index in [2.05, 4.69) is 91.6 Å². The number of benzene rings is 2. The van der Waals surface area contributed by atoms with Crippen molar-refractivity contribution in [3.05, 3.63) is 65.7 Å². The first kappa shape index (κ1) is 24.8. The molecule has 174 valence electrons. The Balaban J connectivity index is 0.00000289. The van der Waals surface area contributed by atoms with Crippen LogP contribution in [0.1, 0.15) is 11.1 Å². The Morgan fingerprint density at radius 1 is 0.812 bits per heavy atom. The summed E-state index contributed by atoms with van der Waals surface area (Å²) in [6.45, 7) is 10.5. The van der Waals surface area contributed by atoms with Gasteiger partial charge in [0.15, 0.2) is 5.96 Å². The van der Waals surface area contributed by atoms with Gasteiger partial charge in [-0.05, 0) is 30.3 Å². The number of halogens is 1. The van der Waals surface area contributed by atoms with Crippen LogP contribution in [0.5, 0.6) is 0 Å². The number of likely N-dealkylation sites (N-methyl/N-ethyl adjacent to an activating group) is 1. The highest BCUT2D eigenvalue weighted by atomic mass is 127. The zero-order chi connectivity index (χ0) is 21.5. The summed E-state index contributed by atoms with van der Waals surface area (Å²) >= 11 is 0. The molecule has 2 saturated heterocycles. The fourth-order valence-electron chi connectivity index (χ4n) is 4.36. The predicted molar refractivity (Wildman–Crippen MR) is 145 cm³/mol. The van der Waals surface area contributed by atoms with Gasteiger partial charge in [0.05, 0.1) is 0 Å². The smallest absolute Gasteiger partial charge is 0.194 e. The quantitative estimate of drug-likeness (QED) is 0.354. The number of hydrogen-bond acceptors (Lipinski definition) is 4. The maximum absolute atomic E-state index is 4.53. The van der Waals surface area contributed by atoms with E-state index in [1.54, 1.807) is 0 Å². The molecule has 2 aromatic rings. The summed E-state index contributed by atoms with van der Waals surface area (Å²) in [6, 6.07) is 19.7. The molecule has 2 fully saturated rings. The van der Waals surface area contributed by atoms with Crippen molar-refractivity contribution in [3.63, 3.8) is 0 Å². The highest BCUT2D eigenvalue weighted by Gasteiger charge is 2.19. The molecule has 2 aliphatic heterocycles. The molecule has 0 amide bonds. The number of anilines is 1. The number of piperazine rings is 2. The van der Waals surface area contributed by atoms with E-state index < -0.39 is 0 Å². The molecule has 1 N–H and O–H groups in total. The van der Waals surface area contributed by atoms with Crippen LogP contribution >= 0.6 is 24.0 Å². The minimum absolute atomic E-state index is 0. The second-order valence-corrected chi connectivity index (χ2v) is 8.61. The van der Waals surface area contributed by atoms with Gasteiger partial charge in [-0.1, -0.05) is 42.5 Å². The van der Waals surface area contributed by atoms with Gasteiger partial charge in [-0.15, -0.1) is 24.0 Å².